The quantitative estimate of drug-likeness (QED) is 0.218. The highest BCUT2D eigenvalue weighted by Gasteiger charge is 2.35. The number of rotatable bonds is 12. The molecule has 2 N–H and O–H groups in total. The van der Waals surface area contributed by atoms with Gasteiger partial charge in [-0.1, -0.05) is 59.6 Å². The van der Waals surface area contributed by atoms with Crippen LogP contribution in [0.2, 0.25) is 10.0 Å². The van der Waals surface area contributed by atoms with E-state index in [0.717, 1.165) is 6.42 Å². The van der Waals surface area contributed by atoms with E-state index in [9.17, 15) is 13.2 Å². The van der Waals surface area contributed by atoms with Gasteiger partial charge in [-0.2, -0.15) is 0 Å². The second-order valence-electron chi connectivity index (χ2n) is 11.8. The van der Waals surface area contributed by atoms with Gasteiger partial charge in [-0.05, 0) is 6.42 Å². The molecule has 0 spiro atoms. The van der Waals surface area contributed by atoms with E-state index >= 15 is 0 Å². The van der Waals surface area contributed by atoms with Crippen molar-refractivity contribution in [2.45, 2.75) is 37.2 Å². The van der Waals surface area contributed by atoms with Crippen molar-refractivity contribution in [3.05, 3.63) is 70.2 Å². The summed E-state index contributed by atoms with van der Waals surface area (Å²) < 4.78 is 34.7. The average Bonchev–Trinajstić information content (AvgIpc) is 3.47. The molecule has 0 radical (unpaired) electrons. The minimum absolute atomic E-state index is 0.0743. The third kappa shape index (κ3) is 7.25. The number of sulfone groups is 1. The number of amides is 1. The van der Waals surface area contributed by atoms with Gasteiger partial charge in [-0.15, -0.1) is 0 Å². The SMILES string of the molecule is COc1nc(-c2cccc(-c3cccc(-c4cnc(CN5CC(S(C)(=O)=O)C5)c(OC)n4)c3Cl)c2Cl)cnc1CNC[C@@H]1CCC(=O)N1. The van der Waals surface area contributed by atoms with Gasteiger partial charge in [-0.3, -0.25) is 19.7 Å². The molecule has 2 aromatic heterocycles. The Bertz CT molecular complexity index is 1960. The van der Waals surface area contributed by atoms with Crippen LogP contribution in [0.3, 0.4) is 0 Å². The fourth-order valence-corrected chi connectivity index (χ4v) is 7.43. The Balaban J connectivity index is 1.22. The molecule has 4 aromatic rings. The maximum atomic E-state index is 11.8. The number of hydrogen-bond acceptors (Lipinski definition) is 11. The van der Waals surface area contributed by atoms with Crippen molar-refractivity contribution in [2.24, 2.45) is 0 Å². The fourth-order valence-electron chi connectivity index (χ4n) is 5.82. The van der Waals surface area contributed by atoms with Gasteiger partial charge in [0.2, 0.25) is 17.7 Å². The monoisotopic (exact) mass is 711 g/mol. The number of hydrogen-bond donors (Lipinski definition) is 2. The number of likely N-dealkylation sites (tertiary alicyclic amines) is 1. The summed E-state index contributed by atoms with van der Waals surface area (Å²) in [5, 5.41) is 6.77. The van der Waals surface area contributed by atoms with Crippen molar-refractivity contribution in [1.82, 2.24) is 35.5 Å². The molecule has 4 heterocycles. The molecule has 12 nitrogen and oxygen atoms in total. The van der Waals surface area contributed by atoms with Gasteiger partial charge in [0.1, 0.15) is 11.4 Å². The van der Waals surface area contributed by atoms with E-state index in [4.69, 9.17) is 42.6 Å². The van der Waals surface area contributed by atoms with Crippen LogP contribution in [0, 0.1) is 0 Å². The molecule has 252 valence electrons. The van der Waals surface area contributed by atoms with Crippen molar-refractivity contribution in [1.29, 1.82) is 0 Å². The summed E-state index contributed by atoms with van der Waals surface area (Å²) in [4.78, 5) is 32.1. The zero-order valence-electron chi connectivity index (χ0n) is 26.7. The van der Waals surface area contributed by atoms with Gasteiger partial charge in [0, 0.05) is 73.7 Å². The van der Waals surface area contributed by atoms with Crippen LogP contribution in [-0.2, 0) is 27.7 Å². The van der Waals surface area contributed by atoms with Gasteiger partial charge in [0.15, 0.2) is 9.84 Å². The maximum absolute atomic E-state index is 11.8. The second-order valence-corrected chi connectivity index (χ2v) is 14.9. The van der Waals surface area contributed by atoms with Crippen LogP contribution in [0.25, 0.3) is 33.6 Å². The summed E-state index contributed by atoms with van der Waals surface area (Å²) >= 11 is 14.0. The molecule has 1 atom stereocenters. The number of aromatic nitrogens is 4. The molecule has 2 fully saturated rings. The number of carbonyl (C=O) groups excluding carboxylic acids is 1. The predicted octanol–water partition coefficient (Wildman–Crippen LogP) is 4.19. The van der Waals surface area contributed by atoms with Gasteiger partial charge >= 0.3 is 0 Å². The zero-order valence-corrected chi connectivity index (χ0v) is 29.0. The Morgan fingerprint density at radius 2 is 1.44 bits per heavy atom. The smallest absolute Gasteiger partial charge is 0.237 e. The molecule has 0 unspecified atom stereocenters. The number of ether oxygens (including phenoxy) is 2. The zero-order chi connectivity index (χ0) is 34.0. The van der Waals surface area contributed by atoms with E-state index in [1.54, 1.807) is 19.5 Å². The topological polar surface area (TPSA) is 149 Å². The van der Waals surface area contributed by atoms with Gasteiger partial charge < -0.3 is 20.1 Å². The van der Waals surface area contributed by atoms with Gasteiger partial charge in [0.05, 0.1) is 53.3 Å². The molecule has 0 bridgehead atoms. The first-order valence-electron chi connectivity index (χ1n) is 15.3. The molecule has 2 aliphatic heterocycles. The highest BCUT2D eigenvalue weighted by Crippen LogP contribution is 2.42. The van der Waals surface area contributed by atoms with E-state index in [2.05, 4.69) is 20.6 Å². The first-order valence-corrected chi connectivity index (χ1v) is 18.1. The summed E-state index contributed by atoms with van der Waals surface area (Å²) in [6.07, 6.45) is 5.91. The third-order valence-electron chi connectivity index (χ3n) is 8.52. The van der Waals surface area contributed by atoms with Crippen LogP contribution in [0.1, 0.15) is 24.2 Å². The molecular formula is C33H35Cl2N7O5S. The molecule has 1 amide bonds. The molecule has 0 aliphatic carbocycles. The molecule has 2 aromatic carbocycles. The number of nitrogens with one attached hydrogen (secondary N) is 2. The maximum Gasteiger partial charge on any atom is 0.237 e. The van der Waals surface area contributed by atoms with Crippen LogP contribution in [0.5, 0.6) is 11.8 Å². The van der Waals surface area contributed by atoms with Crippen LogP contribution in [0.15, 0.2) is 48.8 Å². The Kier molecular flexibility index (Phi) is 10.1. The molecule has 48 heavy (non-hydrogen) atoms. The summed E-state index contributed by atoms with van der Waals surface area (Å²) in [7, 11) is -0.00752. The van der Waals surface area contributed by atoms with Crippen LogP contribution in [0.4, 0.5) is 0 Å². The van der Waals surface area contributed by atoms with Gasteiger partial charge in [0.25, 0.3) is 0 Å². The largest absolute Gasteiger partial charge is 0.480 e. The van der Waals surface area contributed by atoms with Crippen molar-refractivity contribution in [3.8, 4) is 45.4 Å². The number of methoxy groups -OCH3 is 2. The number of halogens is 2. The normalized spacial score (nSPS) is 16.9. The van der Waals surface area contributed by atoms with Crippen molar-refractivity contribution in [2.75, 3.05) is 40.1 Å². The minimum Gasteiger partial charge on any atom is -0.480 e. The van der Waals surface area contributed by atoms with Crippen LogP contribution < -0.4 is 20.1 Å². The van der Waals surface area contributed by atoms with E-state index in [-0.39, 0.29) is 17.2 Å². The van der Waals surface area contributed by atoms with E-state index < -0.39 is 9.84 Å². The van der Waals surface area contributed by atoms with Gasteiger partial charge in [-0.25, -0.2) is 18.4 Å². The van der Waals surface area contributed by atoms with Crippen LogP contribution >= 0.6 is 23.2 Å². The Morgan fingerprint density at radius 3 is 1.96 bits per heavy atom. The molecule has 0 saturated carbocycles. The van der Waals surface area contributed by atoms with E-state index in [0.29, 0.717) is 106 Å². The molecule has 15 heteroatoms. The van der Waals surface area contributed by atoms with Crippen molar-refractivity contribution in [3.63, 3.8) is 0 Å². The lowest BCUT2D eigenvalue weighted by Gasteiger charge is -2.37. The van der Waals surface area contributed by atoms with Crippen molar-refractivity contribution >= 4 is 38.9 Å². The first-order chi connectivity index (χ1) is 23.0. The summed E-state index contributed by atoms with van der Waals surface area (Å²) in [5.41, 5.74) is 4.99. The van der Waals surface area contributed by atoms with Crippen LogP contribution in [-0.4, -0.2) is 90.6 Å². The van der Waals surface area contributed by atoms with E-state index in [1.807, 2.05) is 41.3 Å². The lowest BCUT2D eigenvalue weighted by Crippen LogP contribution is -2.53. The summed E-state index contributed by atoms with van der Waals surface area (Å²) in [6.45, 7) is 2.36. The standard InChI is InChI=1S/C33H35Cl2N7O5S/c1-46-32-27(13-36-12-19-10-11-29(43)39-19)37-14-25(40-32)23-8-4-6-21(30(23)34)22-7-5-9-24(31(22)35)26-15-38-28(33(41-26)47-2)18-42-16-20(17-42)48(3,44)45/h4-9,14-15,19-20,36H,10-13,16-18H2,1-3H3,(H,39,43)/t19-/m0/s1. The van der Waals surface area contributed by atoms with E-state index in [1.165, 1.54) is 13.4 Å². The minimum atomic E-state index is -3.07. The van der Waals surface area contributed by atoms with Crippen molar-refractivity contribution < 1.29 is 22.7 Å². The first kappa shape index (κ1) is 34.0. The summed E-state index contributed by atoms with van der Waals surface area (Å²) in [6, 6.07) is 11.3. The highest BCUT2D eigenvalue weighted by atomic mass is 35.5. The summed E-state index contributed by atoms with van der Waals surface area (Å²) in [5.74, 6) is 0.788. The second kappa shape index (κ2) is 14.3. The average molecular weight is 713 g/mol. The molecule has 6 rings (SSSR count). The molecule has 2 aliphatic rings. The highest BCUT2D eigenvalue weighted by molar-refractivity contribution is 7.91. The molecular weight excluding hydrogens is 677 g/mol. The number of carbonyl (C=O) groups is 1. The lowest BCUT2D eigenvalue weighted by molar-refractivity contribution is -0.119. The Hall–Kier alpha value is -3.88. The Labute approximate surface area is 289 Å². The fraction of sp³-hybridized carbons (Fsp3) is 0.364. The number of nitrogens with zero attached hydrogens (tertiary/aromatic N) is 5. The predicted molar refractivity (Wildman–Crippen MR) is 184 cm³/mol. The Morgan fingerprint density at radius 1 is 0.896 bits per heavy atom. The number of benzene rings is 2. The molecule has 2 saturated heterocycles. The lowest BCUT2D eigenvalue weighted by atomic mass is 9.98. The third-order valence-corrected chi connectivity index (χ3v) is 10.8.